The van der Waals surface area contributed by atoms with Gasteiger partial charge in [0.25, 0.3) is 0 Å². The van der Waals surface area contributed by atoms with Gasteiger partial charge in [0.15, 0.2) is 0 Å². The topological polar surface area (TPSA) is 12.0 Å². The standard InChI is InChI=1S/C9H18FN/c1-7(6-10)11-8-4-9(2,3)5-8/h7-8,11H,4-6H2,1-3H3. The van der Waals surface area contributed by atoms with Crippen LogP contribution in [-0.4, -0.2) is 18.8 Å². The predicted octanol–water partition coefficient (Wildman–Crippen LogP) is 2.12. The molecule has 66 valence electrons. The van der Waals surface area contributed by atoms with Crippen molar-refractivity contribution in [2.45, 2.75) is 45.7 Å². The summed E-state index contributed by atoms with van der Waals surface area (Å²) in [6, 6.07) is 0.604. The zero-order valence-electron chi connectivity index (χ0n) is 7.65. The van der Waals surface area contributed by atoms with Crippen LogP contribution in [0.15, 0.2) is 0 Å². The molecule has 0 radical (unpaired) electrons. The van der Waals surface area contributed by atoms with Crippen LogP contribution in [0.2, 0.25) is 0 Å². The van der Waals surface area contributed by atoms with Gasteiger partial charge in [0, 0.05) is 12.1 Å². The molecule has 1 saturated carbocycles. The maximum atomic E-state index is 12.0. The Morgan fingerprint density at radius 1 is 1.55 bits per heavy atom. The molecule has 0 aromatic carbocycles. The van der Waals surface area contributed by atoms with Crippen molar-refractivity contribution >= 4 is 0 Å². The molecule has 1 aliphatic rings. The quantitative estimate of drug-likeness (QED) is 0.665. The molecular formula is C9H18FN. The van der Waals surface area contributed by atoms with Crippen LogP contribution in [0.5, 0.6) is 0 Å². The van der Waals surface area contributed by atoms with Gasteiger partial charge in [-0.05, 0) is 25.2 Å². The maximum Gasteiger partial charge on any atom is 0.104 e. The van der Waals surface area contributed by atoms with Crippen LogP contribution in [-0.2, 0) is 0 Å². The lowest BCUT2D eigenvalue weighted by atomic mass is 9.68. The second kappa shape index (κ2) is 3.10. The molecule has 1 aliphatic carbocycles. The van der Waals surface area contributed by atoms with E-state index in [1.807, 2.05) is 6.92 Å². The molecule has 2 heteroatoms. The van der Waals surface area contributed by atoms with Gasteiger partial charge < -0.3 is 5.32 Å². The third-order valence-corrected chi connectivity index (χ3v) is 2.35. The summed E-state index contributed by atoms with van der Waals surface area (Å²) in [4.78, 5) is 0. The zero-order chi connectivity index (χ0) is 8.48. The average Bonchev–Trinajstić information content (AvgIpc) is 1.83. The van der Waals surface area contributed by atoms with Gasteiger partial charge in [-0.3, -0.25) is 0 Å². The van der Waals surface area contributed by atoms with Crippen molar-refractivity contribution < 1.29 is 4.39 Å². The van der Waals surface area contributed by atoms with Crippen molar-refractivity contribution in [1.82, 2.24) is 5.32 Å². The molecule has 0 bridgehead atoms. The predicted molar refractivity (Wildman–Crippen MR) is 45.4 cm³/mol. The third kappa shape index (κ3) is 2.44. The van der Waals surface area contributed by atoms with Crippen LogP contribution in [0.25, 0.3) is 0 Å². The number of hydrogen-bond acceptors (Lipinski definition) is 1. The molecule has 0 saturated heterocycles. The molecule has 0 amide bonds. The number of alkyl halides is 1. The second-order valence-electron chi connectivity index (χ2n) is 4.49. The Morgan fingerprint density at radius 3 is 2.45 bits per heavy atom. The van der Waals surface area contributed by atoms with E-state index in [1.165, 1.54) is 12.8 Å². The van der Waals surface area contributed by atoms with E-state index >= 15 is 0 Å². The molecule has 1 N–H and O–H groups in total. The Labute approximate surface area is 68.4 Å². The molecule has 1 rings (SSSR count). The maximum absolute atomic E-state index is 12.0. The number of rotatable bonds is 3. The summed E-state index contributed by atoms with van der Waals surface area (Å²) < 4.78 is 12.0. The molecule has 0 aromatic heterocycles. The van der Waals surface area contributed by atoms with Crippen molar-refractivity contribution in [3.63, 3.8) is 0 Å². The number of hydrogen-bond donors (Lipinski definition) is 1. The fourth-order valence-corrected chi connectivity index (χ4v) is 1.84. The van der Waals surface area contributed by atoms with Gasteiger partial charge in [0.2, 0.25) is 0 Å². The molecule has 11 heavy (non-hydrogen) atoms. The first kappa shape index (κ1) is 8.98. The fourth-order valence-electron chi connectivity index (χ4n) is 1.84. The normalized spacial score (nSPS) is 26.2. The van der Waals surface area contributed by atoms with Crippen LogP contribution >= 0.6 is 0 Å². The summed E-state index contributed by atoms with van der Waals surface area (Å²) in [6.07, 6.45) is 2.38. The smallest absolute Gasteiger partial charge is 0.104 e. The molecule has 1 atom stereocenters. The van der Waals surface area contributed by atoms with E-state index in [4.69, 9.17) is 0 Å². The van der Waals surface area contributed by atoms with E-state index in [0.717, 1.165) is 0 Å². The first-order valence-corrected chi connectivity index (χ1v) is 4.35. The van der Waals surface area contributed by atoms with Crippen LogP contribution in [0.3, 0.4) is 0 Å². The molecule has 1 unspecified atom stereocenters. The fraction of sp³-hybridized carbons (Fsp3) is 1.00. The molecular weight excluding hydrogens is 141 g/mol. The molecule has 1 nitrogen and oxygen atoms in total. The van der Waals surface area contributed by atoms with E-state index in [-0.39, 0.29) is 12.7 Å². The summed E-state index contributed by atoms with van der Waals surface area (Å²) in [5, 5.41) is 3.25. The minimum absolute atomic E-state index is 0.0381. The lowest BCUT2D eigenvalue weighted by molar-refractivity contribution is 0.114. The zero-order valence-corrected chi connectivity index (χ0v) is 7.65. The van der Waals surface area contributed by atoms with Crippen LogP contribution in [0.1, 0.15) is 33.6 Å². The van der Waals surface area contributed by atoms with Gasteiger partial charge in [-0.1, -0.05) is 13.8 Å². The van der Waals surface area contributed by atoms with Crippen molar-refractivity contribution in [2.75, 3.05) is 6.67 Å². The minimum atomic E-state index is -0.253. The van der Waals surface area contributed by atoms with Gasteiger partial charge >= 0.3 is 0 Å². The van der Waals surface area contributed by atoms with E-state index in [2.05, 4.69) is 19.2 Å². The minimum Gasteiger partial charge on any atom is -0.309 e. The SMILES string of the molecule is CC(CF)NC1CC(C)(C)C1. The molecule has 0 spiro atoms. The van der Waals surface area contributed by atoms with Gasteiger partial charge in [-0.15, -0.1) is 0 Å². The summed E-state index contributed by atoms with van der Waals surface area (Å²) in [6.45, 7) is 6.15. The van der Waals surface area contributed by atoms with E-state index in [0.29, 0.717) is 11.5 Å². The van der Waals surface area contributed by atoms with E-state index in [1.54, 1.807) is 0 Å². The molecule has 1 fully saturated rings. The van der Waals surface area contributed by atoms with Gasteiger partial charge in [0.1, 0.15) is 6.67 Å². The Morgan fingerprint density at radius 2 is 2.09 bits per heavy atom. The highest BCUT2D eigenvalue weighted by Crippen LogP contribution is 2.39. The second-order valence-corrected chi connectivity index (χ2v) is 4.49. The van der Waals surface area contributed by atoms with Gasteiger partial charge in [-0.2, -0.15) is 0 Å². The van der Waals surface area contributed by atoms with Gasteiger partial charge in [0.05, 0.1) is 0 Å². The number of halogens is 1. The van der Waals surface area contributed by atoms with Crippen LogP contribution < -0.4 is 5.32 Å². The van der Waals surface area contributed by atoms with Crippen molar-refractivity contribution in [3.8, 4) is 0 Å². The first-order chi connectivity index (χ1) is 5.03. The van der Waals surface area contributed by atoms with Crippen molar-refractivity contribution in [1.29, 1.82) is 0 Å². The summed E-state index contributed by atoms with van der Waals surface area (Å²) in [5.74, 6) is 0. The lowest BCUT2D eigenvalue weighted by Gasteiger charge is -2.44. The van der Waals surface area contributed by atoms with E-state index < -0.39 is 0 Å². The molecule has 0 heterocycles. The highest BCUT2D eigenvalue weighted by molar-refractivity contribution is 4.92. The van der Waals surface area contributed by atoms with Crippen LogP contribution in [0.4, 0.5) is 4.39 Å². The van der Waals surface area contributed by atoms with Gasteiger partial charge in [-0.25, -0.2) is 4.39 Å². The molecule has 0 aliphatic heterocycles. The molecule has 0 aromatic rings. The number of nitrogens with one attached hydrogen (secondary N) is 1. The summed E-state index contributed by atoms with van der Waals surface area (Å²) >= 11 is 0. The highest BCUT2D eigenvalue weighted by Gasteiger charge is 2.36. The first-order valence-electron chi connectivity index (χ1n) is 4.35. The van der Waals surface area contributed by atoms with Crippen molar-refractivity contribution in [2.24, 2.45) is 5.41 Å². The third-order valence-electron chi connectivity index (χ3n) is 2.35. The Hall–Kier alpha value is -0.110. The Kier molecular flexibility index (Phi) is 2.53. The monoisotopic (exact) mass is 159 g/mol. The van der Waals surface area contributed by atoms with E-state index in [9.17, 15) is 4.39 Å². The van der Waals surface area contributed by atoms with Crippen LogP contribution in [0, 0.1) is 5.41 Å². The average molecular weight is 159 g/mol. The van der Waals surface area contributed by atoms with Crippen molar-refractivity contribution in [3.05, 3.63) is 0 Å². The lowest BCUT2D eigenvalue weighted by Crippen LogP contribution is -2.49. The summed E-state index contributed by atoms with van der Waals surface area (Å²) in [7, 11) is 0. The largest absolute Gasteiger partial charge is 0.309 e. The Balaban J connectivity index is 2.13. The summed E-state index contributed by atoms with van der Waals surface area (Å²) in [5.41, 5.74) is 0.494. The highest BCUT2D eigenvalue weighted by atomic mass is 19.1. The Bertz CT molecular complexity index is 126.